The van der Waals surface area contributed by atoms with Crippen molar-refractivity contribution >= 4 is 17.6 Å². The van der Waals surface area contributed by atoms with Crippen molar-refractivity contribution in [1.82, 2.24) is 5.43 Å². The van der Waals surface area contributed by atoms with Crippen LogP contribution in [0.1, 0.15) is 50.4 Å². The predicted octanol–water partition coefficient (Wildman–Crippen LogP) is 2.92. The molecule has 1 N–H and O–H groups in total. The summed E-state index contributed by atoms with van der Waals surface area (Å²) in [5.41, 5.74) is 3.84. The molecule has 1 aromatic rings. The minimum atomic E-state index is -0.364. The summed E-state index contributed by atoms with van der Waals surface area (Å²) in [6, 6.07) is 6.47. The fraction of sp³-hybridized carbons (Fsp3) is 0.471. The molecule has 1 rings (SSSR count). The molecule has 23 heavy (non-hydrogen) atoms. The van der Waals surface area contributed by atoms with E-state index in [2.05, 4.69) is 10.5 Å². The van der Waals surface area contributed by atoms with Crippen molar-refractivity contribution in [2.45, 2.75) is 40.0 Å². The van der Waals surface area contributed by atoms with Crippen LogP contribution >= 0.6 is 0 Å². The van der Waals surface area contributed by atoms with Crippen molar-refractivity contribution in [3.05, 3.63) is 29.8 Å². The van der Waals surface area contributed by atoms with Crippen molar-refractivity contribution in [2.75, 3.05) is 13.2 Å². The van der Waals surface area contributed by atoms with Gasteiger partial charge in [0.2, 0.25) is 0 Å². The van der Waals surface area contributed by atoms with Gasteiger partial charge in [-0.25, -0.2) is 10.2 Å². The molecule has 6 nitrogen and oxygen atoms in total. The Morgan fingerprint density at radius 1 is 1.09 bits per heavy atom. The van der Waals surface area contributed by atoms with Gasteiger partial charge in [-0.1, -0.05) is 20.8 Å². The SMILES string of the molecule is CCCOC(=O)c1ccc(OCC(=O)NN=C(CC)CC)cc1. The maximum atomic E-state index is 11.6. The third-order valence-corrected chi connectivity index (χ3v) is 3.05. The first-order valence-electron chi connectivity index (χ1n) is 7.84. The Morgan fingerprint density at radius 3 is 2.30 bits per heavy atom. The second-order valence-electron chi connectivity index (χ2n) is 4.87. The molecule has 0 atom stereocenters. The van der Waals surface area contributed by atoms with Crippen LogP contribution in [0.2, 0.25) is 0 Å². The van der Waals surface area contributed by atoms with E-state index in [4.69, 9.17) is 9.47 Å². The molecule has 0 aromatic heterocycles. The van der Waals surface area contributed by atoms with E-state index in [9.17, 15) is 9.59 Å². The van der Waals surface area contributed by atoms with Gasteiger partial charge in [0.15, 0.2) is 6.61 Å². The quantitative estimate of drug-likeness (QED) is 0.431. The topological polar surface area (TPSA) is 77.0 Å². The Morgan fingerprint density at radius 2 is 1.74 bits per heavy atom. The lowest BCUT2D eigenvalue weighted by atomic mass is 10.2. The lowest BCUT2D eigenvalue weighted by molar-refractivity contribution is -0.123. The molecule has 1 aromatic carbocycles. The Balaban J connectivity index is 2.45. The molecule has 0 saturated carbocycles. The zero-order chi connectivity index (χ0) is 17.1. The number of carbonyl (C=O) groups is 2. The van der Waals surface area contributed by atoms with Crippen LogP contribution in [0.25, 0.3) is 0 Å². The molecule has 0 fully saturated rings. The number of benzene rings is 1. The number of rotatable bonds is 9. The molecule has 0 heterocycles. The summed E-state index contributed by atoms with van der Waals surface area (Å²) >= 11 is 0. The van der Waals surface area contributed by atoms with Gasteiger partial charge in [0.05, 0.1) is 12.2 Å². The first-order valence-corrected chi connectivity index (χ1v) is 7.84. The monoisotopic (exact) mass is 320 g/mol. The maximum Gasteiger partial charge on any atom is 0.338 e. The number of esters is 1. The van der Waals surface area contributed by atoms with Gasteiger partial charge in [0.1, 0.15) is 5.75 Å². The van der Waals surface area contributed by atoms with E-state index >= 15 is 0 Å². The molecule has 1 amide bonds. The second-order valence-corrected chi connectivity index (χ2v) is 4.87. The number of hydrogen-bond donors (Lipinski definition) is 1. The van der Waals surface area contributed by atoms with Crippen LogP contribution in [0, 0.1) is 0 Å². The summed E-state index contributed by atoms with van der Waals surface area (Å²) in [6.45, 7) is 6.17. The fourth-order valence-corrected chi connectivity index (χ4v) is 1.70. The standard InChI is InChI=1S/C17H24N2O4/c1-4-11-22-17(21)13-7-9-15(10-8-13)23-12-16(20)19-18-14(5-2)6-3/h7-10H,4-6,11-12H2,1-3H3,(H,19,20). The first kappa shape index (κ1) is 18.7. The molecule has 0 bridgehead atoms. The summed E-state index contributed by atoms with van der Waals surface area (Å²) in [5, 5.41) is 4.01. The molecule has 0 aliphatic heterocycles. The lowest BCUT2D eigenvalue weighted by Crippen LogP contribution is -2.25. The summed E-state index contributed by atoms with van der Waals surface area (Å²) in [4.78, 5) is 23.3. The van der Waals surface area contributed by atoms with Crippen LogP contribution < -0.4 is 10.2 Å². The van der Waals surface area contributed by atoms with Crippen LogP contribution in [0.15, 0.2) is 29.4 Å². The minimum Gasteiger partial charge on any atom is -0.484 e. The van der Waals surface area contributed by atoms with Gasteiger partial charge in [-0.3, -0.25) is 4.79 Å². The third kappa shape index (κ3) is 6.95. The van der Waals surface area contributed by atoms with Crippen molar-refractivity contribution in [3.63, 3.8) is 0 Å². The van der Waals surface area contributed by atoms with E-state index in [1.165, 1.54) is 0 Å². The summed E-state index contributed by atoms with van der Waals surface area (Å²) < 4.78 is 10.4. The highest BCUT2D eigenvalue weighted by Gasteiger charge is 2.07. The number of ether oxygens (including phenoxy) is 2. The van der Waals surface area contributed by atoms with E-state index in [0.717, 1.165) is 25.0 Å². The highest BCUT2D eigenvalue weighted by atomic mass is 16.5. The zero-order valence-electron chi connectivity index (χ0n) is 13.9. The Kier molecular flexibility index (Phi) is 8.42. The van der Waals surface area contributed by atoms with Gasteiger partial charge in [-0.15, -0.1) is 0 Å². The fourth-order valence-electron chi connectivity index (χ4n) is 1.70. The molecule has 0 aliphatic carbocycles. The van der Waals surface area contributed by atoms with Gasteiger partial charge in [0.25, 0.3) is 5.91 Å². The summed E-state index contributed by atoms with van der Waals surface area (Å²) in [7, 11) is 0. The number of hydrogen-bond acceptors (Lipinski definition) is 5. The van der Waals surface area contributed by atoms with Crippen molar-refractivity contribution in [1.29, 1.82) is 0 Å². The van der Waals surface area contributed by atoms with Crippen molar-refractivity contribution in [2.24, 2.45) is 5.10 Å². The molecule has 0 unspecified atom stereocenters. The number of nitrogens with zero attached hydrogens (tertiary/aromatic N) is 1. The van der Waals surface area contributed by atoms with Gasteiger partial charge < -0.3 is 9.47 Å². The highest BCUT2D eigenvalue weighted by Crippen LogP contribution is 2.13. The van der Waals surface area contributed by atoms with Crippen LogP contribution in [-0.2, 0) is 9.53 Å². The van der Waals surface area contributed by atoms with Gasteiger partial charge in [0, 0.05) is 5.71 Å². The van der Waals surface area contributed by atoms with Crippen LogP contribution in [0.5, 0.6) is 5.75 Å². The van der Waals surface area contributed by atoms with E-state index < -0.39 is 0 Å². The van der Waals surface area contributed by atoms with E-state index in [1.54, 1.807) is 24.3 Å². The molecule has 0 radical (unpaired) electrons. The Labute approximate surface area is 136 Å². The largest absolute Gasteiger partial charge is 0.484 e. The summed E-state index contributed by atoms with van der Waals surface area (Å²) in [5.74, 6) is -0.185. The van der Waals surface area contributed by atoms with Crippen molar-refractivity contribution < 1.29 is 19.1 Å². The molecule has 126 valence electrons. The molecule has 0 saturated heterocycles. The Hall–Kier alpha value is -2.37. The Bertz CT molecular complexity index is 532. The number of nitrogens with one attached hydrogen (secondary N) is 1. The minimum absolute atomic E-state index is 0.135. The van der Waals surface area contributed by atoms with Crippen LogP contribution in [-0.4, -0.2) is 30.8 Å². The molecule has 6 heteroatoms. The van der Waals surface area contributed by atoms with E-state index in [0.29, 0.717) is 17.9 Å². The summed E-state index contributed by atoms with van der Waals surface area (Å²) in [6.07, 6.45) is 2.38. The second kappa shape index (κ2) is 10.4. The van der Waals surface area contributed by atoms with Crippen LogP contribution in [0.4, 0.5) is 0 Å². The van der Waals surface area contributed by atoms with E-state index in [-0.39, 0.29) is 18.5 Å². The van der Waals surface area contributed by atoms with Crippen LogP contribution in [0.3, 0.4) is 0 Å². The van der Waals surface area contributed by atoms with Gasteiger partial charge >= 0.3 is 5.97 Å². The normalized spacial score (nSPS) is 9.87. The van der Waals surface area contributed by atoms with E-state index in [1.807, 2.05) is 20.8 Å². The molecular formula is C17H24N2O4. The molecule has 0 spiro atoms. The predicted molar refractivity (Wildman–Crippen MR) is 88.7 cm³/mol. The first-order chi connectivity index (χ1) is 11.1. The lowest BCUT2D eigenvalue weighted by Gasteiger charge is -2.07. The number of hydrazone groups is 1. The average molecular weight is 320 g/mol. The van der Waals surface area contributed by atoms with Crippen molar-refractivity contribution in [3.8, 4) is 5.75 Å². The molecule has 0 aliphatic rings. The number of carbonyl (C=O) groups excluding carboxylic acids is 2. The highest BCUT2D eigenvalue weighted by molar-refractivity contribution is 5.89. The zero-order valence-corrected chi connectivity index (χ0v) is 13.9. The maximum absolute atomic E-state index is 11.6. The average Bonchev–Trinajstić information content (AvgIpc) is 2.59. The smallest absolute Gasteiger partial charge is 0.338 e. The molecular weight excluding hydrogens is 296 g/mol. The number of amides is 1. The van der Waals surface area contributed by atoms with Gasteiger partial charge in [-0.05, 0) is 43.5 Å². The van der Waals surface area contributed by atoms with Gasteiger partial charge in [-0.2, -0.15) is 5.10 Å². The third-order valence-electron chi connectivity index (χ3n) is 3.05.